The molecule has 0 atom stereocenters. The molecule has 0 saturated heterocycles. The maximum absolute atomic E-state index is 10.9. The molecular weight excluding hydrogens is 252 g/mol. The van der Waals surface area contributed by atoms with Crippen LogP contribution in [0.2, 0.25) is 5.02 Å². The zero-order chi connectivity index (χ0) is 12.1. The van der Waals surface area contributed by atoms with Crippen molar-refractivity contribution < 1.29 is 4.79 Å². The molecule has 2 aromatic carbocycles. The van der Waals surface area contributed by atoms with Crippen molar-refractivity contribution in [2.24, 2.45) is 0 Å². The van der Waals surface area contributed by atoms with Crippen molar-refractivity contribution in [3.63, 3.8) is 0 Å². The summed E-state index contributed by atoms with van der Waals surface area (Å²) >= 11 is 7.48. The second-order valence-corrected chi connectivity index (χ2v) is 5.02. The third-order valence-electron chi connectivity index (χ3n) is 2.35. The number of aldehydes is 1. The Morgan fingerprint density at radius 3 is 2.47 bits per heavy atom. The zero-order valence-electron chi connectivity index (χ0n) is 9.10. The largest absolute Gasteiger partial charge is 0.298 e. The lowest BCUT2D eigenvalue weighted by Gasteiger charge is -2.04. The highest BCUT2D eigenvalue weighted by Gasteiger charge is 2.01. The van der Waals surface area contributed by atoms with E-state index >= 15 is 0 Å². The Hall–Kier alpha value is -1.25. The van der Waals surface area contributed by atoms with Gasteiger partial charge in [0.1, 0.15) is 0 Å². The minimum absolute atomic E-state index is 0.742. The van der Waals surface area contributed by atoms with E-state index in [0.717, 1.165) is 27.5 Å². The monoisotopic (exact) mass is 262 g/mol. The number of thioether (sulfide) groups is 1. The van der Waals surface area contributed by atoms with Crippen LogP contribution in [0.25, 0.3) is 0 Å². The van der Waals surface area contributed by atoms with Gasteiger partial charge in [0.2, 0.25) is 0 Å². The first-order valence-corrected chi connectivity index (χ1v) is 6.57. The molecule has 0 aromatic heterocycles. The standard InChI is InChI=1S/C14H11ClOS/c15-13-7-5-11(6-8-13)10-17-14-4-2-1-3-12(14)9-16/h1-9H,10H2. The second kappa shape index (κ2) is 5.89. The van der Waals surface area contributed by atoms with Gasteiger partial charge in [0.05, 0.1) is 0 Å². The average molecular weight is 263 g/mol. The Morgan fingerprint density at radius 1 is 1.06 bits per heavy atom. The molecule has 0 aliphatic carbocycles. The predicted octanol–water partition coefficient (Wildman–Crippen LogP) is 4.44. The summed E-state index contributed by atoms with van der Waals surface area (Å²) in [5, 5.41) is 0.743. The van der Waals surface area contributed by atoms with E-state index in [9.17, 15) is 4.79 Å². The summed E-state index contributed by atoms with van der Waals surface area (Å²) in [6.45, 7) is 0. The first-order chi connectivity index (χ1) is 8.29. The van der Waals surface area contributed by atoms with Crippen LogP contribution in [0.4, 0.5) is 0 Å². The third-order valence-corrected chi connectivity index (χ3v) is 3.77. The number of carbonyl (C=O) groups excluding carboxylic acids is 1. The highest BCUT2D eigenvalue weighted by atomic mass is 35.5. The molecule has 1 nitrogen and oxygen atoms in total. The molecule has 0 unspecified atom stereocenters. The molecule has 2 rings (SSSR count). The Kier molecular flexibility index (Phi) is 4.24. The lowest BCUT2D eigenvalue weighted by molar-refractivity contribution is 0.112. The summed E-state index contributed by atoms with van der Waals surface area (Å²) in [5.41, 5.74) is 1.94. The number of carbonyl (C=O) groups is 1. The maximum Gasteiger partial charge on any atom is 0.151 e. The molecule has 0 saturated carbocycles. The Bertz CT molecular complexity index is 508. The van der Waals surface area contributed by atoms with Gasteiger partial charge in [0.25, 0.3) is 0 Å². The van der Waals surface area contributed by atoms with Crippen molar-refractivity contribution in [1.82, 2.24) is 0 Å². The zero-order valence-corrected chi connectivity index (χ0v) is 10.7. The SMILES string of the molecule is O=Cc1ccccc1SCc1ccc(Cl)cc1. The van der Waals surface area contributed by atoms with Crippen molar-refractivity contribution in [2.75, 3.05) is 0 Å². The van der Waals surface area contributed by atoms with Gasteiger partial charge in [-0.3, -0.25) is 4.79 Å². The smallest absolute Gasteiger partial charge is 0.151 e. The summed E-state index contributed by atoms with van der Waals surface area (Å²) in [6, 6.07) is 15.4. The number of rotatable bonds is 4. The Labute approximate surface area is 110 Å². The summed E-state index contributed by atoms with van der Waals surface area (Å²) in [7, 11) is 0. The molecule has 0 spiro atoms. The van der Waals surface area contributed by atoms with Crippen molar-refractivity contribution in [2.45, 2.75) is 10.6 Å². The molecular formula is C14H11ClOS. The van der Waals surface area contributed by atoms with Gasteiger partial charge >= 0.3 is 0 Å². The fraction of sp³-hybridized carbons (Fsp3) is 0.0714. The molecule has 0 amide bonds. The minimum atomic E-state index is 0.742. The highest BCUT2D eigenvalue weighted by molar-refractivity contribution is 7.98. The van der Waals surface area contributed by atoms with Gasteiger partial charge < -0.3 is 0 Å². The van der Waals surface area contributed by atoms with E-state index in [-0.39, 0.29) is 0 Å². The van der Waals surface area contributed by atoms with E-state index in [1.165, 1.54) is 5.56 Å². The van der Waals surface area contributed by atoms with Crippen LogP contribution in [-0.4, -0.2) is 6.29 Å². The fourth-order valence-corrected chi connectivity index (χ4v) is 2.55. The maximum atomic E-state index is 10.9. The molecule has 86 valence electrons. The van der Waals surface area contributed by atoms with Crippen molar-refractivity contribution >= 4 is 29.6 Å². The van der Waals surface area contributed by atoms with E-state index in [0.29, 0.717) is 0 Å². The Balaban J connectivity index is 2.07. The quantitative estimate of drug-likeness (QED) is 0.598. The number of hydrogen-bond acceptors (Lipinski definition) is 2. The van der Waals surface area contributed by atoms with Gasteiger partial charge in [-0.2, -0.15) is 0 Å². The van der Waals surface area contributed by atoms with Crippen molar-refractivity contribution in [1.29, 1.82) is 0 Å². The predicted molar refractivity (Wildman–Crippen MR) is 72.8 cm³/mol. The molecule has 0 aliphatic heterocycles. The van der Waals surface area contributed by atoms with Gasteiger partial charge in [-0.25, -0.2) is 0 Å². The van der Waals surface area contributed by atoms with E-state index in [1.807, 2.05) is 48.5 Å². The van der Waals surface area contributed by atoms with Crippen LogP contribution in [0.15, 0.2) is 53.4 Å². The molecule has 0 N–H and O–H groups in total. The summed E-state index contributed by atoms with van der Waals surface area (Å²) in [4.78, 5) is 11.9. The third kappa shape index (κ3) is 3.35. The Morgan fingerprint density at radius 2 is 1.76 bits per heavy atom. The minimum Gasteiger partial charge on any atom is -0.298 e. The van der Waals surface area contributed by atoms with Crippen LogP contribution in [0.3, 0.4) is 0 Å². The van der Waals surface area contributed by atoms with Gasteiger partial charge in [-0.15, -0.1) is 11.8 Å². The molecule has 17 heavy (non-hydrogen) atoms. The molecule has 0 fully saturated rings. The van der Waals surface area contributed by atoms with Crippen LogP contribution < -0.4 is 0 Å². The van der Waals surface area contributed by atoms with E-state index in [1.54, 1.807) is 11.8 Å². The average Bonchev–Trinajstić information content (AvgIpc) is 2.38. The molecule has 0 bridgehead atoms. The van der Waals surface area contributed by atoms with Crippen LogP contribution >= 0.6 is 23.4 Å². The topological polar surface area (TPSA) is 17.1 Å². The summed E-state index contributed by atoms with van der Waals surface area (Å²) < 4.78 is 0. The second-order valence-electron chi connectivity index (χ2n) is 3.57. The van der Waals surface area contributed by atoms with Gasteiger partial charge in [-0.1, -0.05) is 41.9 Å². The first-order valence-electron chi connectivity index (χ1n) is 5.21. The summed E-state index contributed by atoms with van der Waals surface area (Å²) in [5.74, 6) is 0.835. The van der Waals surface area contributed by atoms with Crippen LogP contribution in [0, 0.1) is 0 Å². The lowest BCUT2D eigenvalue weighted by atomic mass is 10.2. The van der Waals surface area contributed by atoms with E-state index in [2.05, 4.69) is 0 Å². The van der Waals surface area contributed by atoms with Crippen LogP contribution in [-0.2, 0) is 5.75 Å². The van der Waals surface area contributed by atoms with Crippen LogP contribution in [0.1, 0.15) is 15.9 Å². The van der Waals surface area contributed by atoms with Crippen LogP contribution in [0.5, 0.6) is 0 Å². The van der Waals surface area contributed by atoms with Gasteiger partial charge in [0.15, 0.2) is 6.29 Å². The van der Waals surface area contributed by atoms with Gasteiger partial charge in [-0.05, 0) is 23.8 Å². The van der Waals surface area contributed by atoms with E-state index < -0.39 is 0 Å². The number of halogens is 1. The van der Waals surface area contributed by atoms with Crippen molar-refractivity contribution in [3.8, 4) is 0 Å². The number of benzene rings is 2. The molecule has 3 heteroatoms. The van der Waals surface area contributed by atoms with Crippen molar-refractivity contribution in [3.05, 3.63) is 64.7 Å². The lowest BCUT2D eigenvalue weighted by Crippen LogP contribution is -1.85. The number of hydrogen-bond donors (Lipinski definition) is 0. The molecule has 0 heterocycles. The summed E-state index contributed by atoms with van der Waals surface area (Å²) in [6.07, 6.45) is 0.893. The molecule has 0 aliphatic rings. The first kappa shape index (κ1) is 12.2. The highest BCUT2D eigenvalue weighted by Crippen LogP contribution is 2.25. The molecule has 2 aromatic rings. The van der Waals surface area contributed by atoms with Gasteiger partial charge in [0, 0.05) is 21.2 Å². The molecule has 0 radical (unpaired) electrons. The normalized spacial score (nSPS) is 10.2. The van der Waals surface area contributed by atoms with E-state index in [4.69, 9.17) is 11.6 Å². The fourth-order valence-electron chi connectivity index (χ4n) is 1.45.